The molecular weight excluding hydrogens is 853 g/mol. The number of methoxy groups -OCH3 is 2. The number of nitrogens with one attached hydrogen (secondary N) is 2. The zero-order valence-electron chi connectivity index (χ0n) is 37.1. The summed E-state index contributed by atoms with van der Waals surface area (Å²) in [5.41, 5.74) is -2.89. The number of amides is 2. The van der Waals surface area contributed by atoms with E-state index in [-0.39, 0.29) is 53.7 Å². The molecule has 5 aliphatic rings. The average Bonchev–Trinajstić information content (AvgIpc) is 3.26. The van der Waals surface area contributed by atoms with E-state index in [0.717, 1.165) is 0 Å². The lowest BCUT2D eigenvalue weighted by atomic mass is 9.68. The van der Waals surface area contributed by atoms with Crippen LogP contribution in [0.3, 0.4) is 0 Å². The molecule has 356 valence electrons. The van der Waals surface area contributed by atoms with Gasteiger partial charge in [0.1, 0.15) is 36.3 Å². The van der Waals surface area contributed by atoms with E-state index in [2.05, 4.69) is 10.6 Å². The Hall–Kier alpha value is -4.25. The molecule has 1 aliphatic heterocycles. The van der Waals surface area contributed by atoms with Crippen LogP contribution in [0.15, 0.2) is 30.3 Å². The predicted molar refractivity (Wildman–Crippen MR) is 225 cm³/mol. The zero-order chi connectivity index (χ0) is 47.4. The van der Waals surface area contributed by atoms with Gasteiger partial charge in [-0.05, 0) is 61.9 Å². The molecule has 14 unspecified atom stereocenters. The number of hydrogen-bond acceptors (Lipinski definition) is 17. The van der Waals surface area contributed by atoms with E-state index in [1.165, 1.54) is 39.3 Å². The van der Waals surface area contributed by atoms with Crippen LogP contribution >= 0.6 is 0 Å². The Kier molecular flexibility index (Phi) is 14.1. The number of carbonyl (C=O) groups excluding carboxylic acids is 5. The lowest BCUT2D eigenvalue weighted by Gasteiger charge is -2.48. The molecule has 7 rings (SSSR count). The maximum absolute atomic E-state index is 14.5. The van der Waals surface area contributed by atoms with Crippen LogP contribution in [-0.2, 0) is 45.4 Å². The highest BCUT2D eigenvalue weighted by atomic mass is 16.7. The summed E-state index contributed by atoms with van der Waals surface area (Å²) in [6, 6.07) is 5.56. The van der Waals surface area contributed by atoms with Crippen molar-refractivity contribution in [3.05, 3.63) is 63.7 Å². The van der Waals surface area contributed by atoms with Crippen LogP contribution in [0.1, 0.15) is 96.3 Å². The van der Waals surface area contributed by atoms with Crippen molar-refractivity contribution in [1.82, 2.24) is 10.6 Å². The van der Waals surface area contributed by atoms with Gasteiger partial charge in [0, 0.05) is 62.5 Å². The third-order valence-electron chi connectivity index (χ3n) is 14.2. The monoisotopic (exact) mass is 912 g/mol. The number of aliphatic hydroxyl groups excluding tert-OH is 6. The van der Waals surface area contributed by atoms with Crippen molar-refractivity contribution in [2.45, 2.75) is 138 Å². The Labute approximate surface area is 375 Å². The third-order valence-corrected chi connectivity index (χ3v) is 14.2. The summed E-state index contributed by atoms with van der Waals surface area (Å²) in [7, 11) is 2.70. The van der Waals surface area contributed by atoms with E-state index in [1.54, 1.807) is 32.9 Å². The number of Topliss-reactive ketones (excluding diaryl/α,β-unsaturated/α-hetero) is 1. The summed E-state index contributed by atoms with van der Waals surface area (Å²) in [6.07, 6.45) is -12.0. The van der Waals surface area contributed by atoms with Crippen molar-refractivity contribution in [2.75, 3.05) is 27.4 Å². The van der Waals surface area contributed by atoms with Crippen molar-refractivity contribution >= 4 is 29.2 Å². The largest absolute Gasteiger partial charge is 0.496 e. The first-order valence-corrected chi connectivity index (χ1v) is 21.9. The number of hydrogen-bond donors (Lipinski definition) is 9. The highest BCUT2D eigenvalue weighted by molar-refractivity contribution is 6.29. The molecule has 1 saturated heterocycles. The van der Waals surface area contributed by atoms with Crippen molar-refractivity contribution in [1.29, 1.82) is 0 Å². The summed E-state index contributed by atoms with van der Waals surface area (Å²) in [5.74, 6) is -5.30. The van der Waals surface area contributed by atoms with Gasteiger partial charge in [0.2, 0.25) is 11.8 Å². The fourth-order valence-electron chi connectivity index (χ4n) is 10.8. The number of ether oxygens (including phenoxy) is 5. The molecule has 16 atom stereocenters. The van der Waals surface area contributed by atoms with E-state index in [4.69, 9.17) is 23.7 Å². The van der Waals surface area contributed by atoms with E-state index >= 15 is 0 Å². The van der Waals surface area contributed by atoms with E-state index in [9.17, 15) is 59.7 Å². The second-order valence-electron chi connectivity index (χ2n) is 18.6. The molecule has 2 aromatic carbocycles. The molecule has 65 heavy (non-hydrogen) atoms. The number of ketones is 3. The van der Waals surface area contributed by atoms with Gasteiger partial charge in [-0.3, -0.25) is 24.0 Å². The number of rotatable bonds is 12. The fraction of sp³-hybridized carbons (Fsp3) is 0.630. The van der Waals surface area contributed by atoms with Crippen LogP contribution in [0.5, 0.6) is 5.75 Å². The molecule has 2 aromatic rings. The van der Waals surface area contributed by atoms with Crippen LogP contribution < -0.4 is 15.4 Å². The predicted octanol–water partition coefficient (Wildman–Crippen LogP) is -1.05. The van der Waals surface area contributed by atoms with Crippen LogP contribution in [0.2, 0.25) is 0 Å². The molecule has 4 aliphatic carbocycles. The maximum atomic E-state index is 14.5. The van der Waals surface area contributed by atoms with Crippen LogP contribution in [0.4, 0.5) is 0 Å². The van der Waals surface area contributed by atoms with Gasteiger partial charge in [-0.1, -0.05) is 19.1 Å². The van der Waals surface area contributed by atoms with Gasteiger partial charge in [0.15, 0.2) is 23.6 Å². The van der Waals surface area contributed by atoms with Crippen molar-refractivity contribution in [2.24, 2.45) is 17.8 Å². The van der Waals surface area contributed by atoms with E-state index in [0.29, 0.717) is 11.1 Å². The van der Waals surface area contributed by atoms with Crippen molar-refractivity contribution in [3.63, 3.8) is 0 Å². The van der Waals surface area contributed by atoms with Crippen LogP contribution in [-0.4, -0.2) is 165 Å². The second-order valence-corrected chi connectivity index (χ2v) is 18.6. The Balaban J connectivity index is 1.17. The van der Waals surface area contributed by atoms with Crippen LogP contribution in [0, 0.1) is 17.8 Å². The maximum Gasteiger partial charge on any atom is 0.226 e. The standard InChI is InChI=1S/C46H60N2O17/c1-19-10-27(42(41(58)36(19)53)64-31-12-23(16-49)38(55)43(62-6)35(31)47-21(3)51)44(59)48-29-14-33(63-20(2)37(29)54)65-45(4)18-46(60,32(52)17-50)15-22-11-25-26(13-28(22)45)40(57)34-24(39(25)56)8-7-9-30(34)61-5/h7-9,11,13,19-20,23,27,29,31,33,35-38,41-43,49-50,53-55,58,60H,10,12,14-18H2,1-6H3,(H,47,51)(H,48,59)/t19?,20?,23?,27?,29?,31?,33?,35?,36?,37?,38?,41?,42?,43?,45-,46-/m1/s1. The smallest absolute Gasteiger partial charge is 0.226 e. The molecule has 2 amide bonds. The highest BCUT2D eigenvalue weighted by Crippen LogP contribution is 2.47. The summed E-state index contributed by atoms with van der Waals surface area (Å²) in [4.78, 5) is 67.9. The normalized spacial score (nSPS) is 37.9. The number of benzene rings is 2. The van der Waals surface area contributed by atoms with Gasteiger partial charge in [-0.25, -0.2) is 0 Å². The number of fused-ring (bicyclic) bond motifs is 3. The highest BCUT2D eigenvalue weighted by Gasteiger charge is 2.54. The van der Waals surface area contributed by atoms with Crippen LogP contribution in [0.25, 0.3) is 0 Å². The van der Waals surface area contributed by atoms with E-state index in [1.807, 2.05) is 0 Å². The number of aliphatic hydroxyl groups is 7. The van der Waals surface area contributed by atoms with Crippen molar-refractivity contribution in [3.8, 4) is 5.75 Å². The molecule has 0 aromatic heterocycles. The first kappa shape index (κ1) is 48.7. The lowest BCUT2D eigenvalue weighted by Crippen LogP contribution is -2.65. The molecule has 0 radical (unpaired) electrons. The zero-order valence-corrected chi connectivity index (χ0v) is 37.1. The Morgan fingerprint density at radius 2 is 1.58 bits per heavy atom. The Morgan fingerprint density at radius 3 is 2.23 bits per heavy atom. The molecule has 9 N–H and O–H groups in total. The first-order valence-electron chi connectivity index (χ1n) is 21.9. The molecule has 19 heteroatoms. The molecule has 3 fully saturated rings. The summed E-state index contributed by atoms with van der Waals surface area (Å²) in [5, 5.41) is 82.4. The molecule has 2 saturated carbocycles. The van der Waals surface area contributed by atoms with Gasteiger partial charge in [-0.15, -0.1) is 0 Å². The molecule has 0 spiro atoms. The fourth-order valence-corrected chi connectivity index (χ4v) is 10.8. The Morgan fingerprint density at radius 1 is 0.877 bits per heavy atom. The minimum atomic E-state index is -2.19. The third kappa shape index (κ3) is 8.89. The second kappa shape index (κ2) is 18.8. The molecule has 19 nitrogen and oxygen atoms in total. The molecule has 0 bridgehead atoms. The minimum absolute atomic E-state index is 0.00340. The van der Waals surface area contributed by atoms with Gasteiger partial charge in [0.25, 0.3) is 0 Å². The molecular formula is C46H60N2O17. The Bertz CT molecular complexity index is 2190. The average molecular weight is 913 g/mol. The number of carbonyl (C=O) groups is 5. The minimum Gasteiger partial charge on any atom is -0.496 e. The summed E-state index contributed by atoms with van der Waals surface area (Å²) in [6.45, 7) is 4.56. The van der Waals surface area contributed by atoms with Gasteiger partial charge in [0.05, 0.1) is 66.8 Å². The van der Waals surface area contributed by atoms with Gasteiger partial charge < -0.3 is 70.1 Å². The SMILES string of the molecule is COc1cccc2c1C(=O)c1cc3c(cc1C2=O)C[C@](O)(C(=O)CO)C[C@@]3(C)OC1CC(NC(=O)C2CC(C)C(O)C(O)C2OC2CC(CO)C(O)C(OC)C2NC(C)=O)C(O)C(C)O1. The van der Waals surface area contributed by atoms with Gasteiger partial charge in [-0.2, -0.15) is 0 Å². The molecule has 1 heterocycles. The van der Waals surface area contributed by atoms with Gasteiger partial charge >= 0.3 is 0 Å². The topological polar surface area (TPSA) is 297 Å². The lowest BCUT2D eigenvalue weighted by molar-refractivity contribution is -0.275. The van der Waals surface area contributed by atoms with Crippen molar-refractivity contribution < 1.29 is 83.4 Å². The first-order chi connectivity index (χ1) is 30.7. The quantitative estimate of drug-likeness (QED) is 0.105. The summed E-state index contributed by atoms with van der Waals surface area (Å²) < 4.78 is 30.2. The summed E-state index contributed by atoms with van der Waals surface area (Å²) >= 11 is 0. The van der Waals surface area contributed by atoms with E-state index < -0.39 is 145 Å².